The van der Waals surface area contributed by atoms with E-state index < -0.39 is 5.97 Å². The van der Waals surface area contributed by atoms with Crippen LogP contribution in [0.2, 0.25) is 0 Å². The Morgan fingerprint density at radius 2 is 2.14 bits per heavy atom. The van der Waals surface area contributed by atoms with Crippen molar-refractivity contribution in [3.63, 3.8) is 0 Å². The first-order chi connectivity index (χ1) is 10.1. The molecule has 0 amide bonds. The predicted octanol–water partition coefficient (Wildman–Crippen LogP) is 0.187. The van der Waals surface area contributed by atoms with Crippen LogP contribution in [0.1, 0.15) is 6.42 Å². The van der Waals surface area contributed by atoms with Gasteiger partial charge in [-0.2, -0.15) is 0 Å². The van der Waals surface area contributed by atoms with Crippen LogP contribution in [0, 0.1) is 0 Å². The molecule has 0 fully saturated rings. The van der Waals surface area contributed by atoms with E-state index in [-0.39, 0.29) is 6.42 Å². The van der Waals surface area contributed by atoms with Crippen LogP contribution in [-0.2, 0) is 18.4 Å². The van der Waals surface area contributed by atoms with Crippen LogP contribution < -0.4 is 4.57 Å². The van der Waals surface area contributed by atoms with E-state index >= 15 is 0 Å². The van der Waals surface area contributed by atoms with Gasteiger partial charge in [-0.15, -0.1) is 5.10 Å². The first-order valence-corrected chi connectivity index (χ1v) is 6.37. The van der Waals surface area contributed by atoms with E-state index in [0.29, 0.717) is 23.5 Å². The molecular formula is C13H13N6O2+. The lowest BCUT2D eigenvalue weighted by atomic mass is 10.2. The summed E-state index contributed by atoms with van der Waals surface area (Å²) in [6.45, 7) is 0.432. The second kappa shape index (κ2) is 5.23. The summed E-state index contributed by atoms with van der Waals surface area (Å²) < 4.78 is 3.40. The number of aryl methyl sites for hydroxylation is 2. The van der Waals surface area contributed by atoms with Gasteiger partial charge in [0.05, 0.1) is 6.20 Å². The Hall–Kier alpha value is -2.90. The highest BCUT2D eigenvalue weighted by Crippen LogP contribution is 2.15. The van der Waals surface area contributed by atoms with Gasteiger partial charge in [0.1, 0.15) is 6.42 Å². The largest absolute Gasteiger partial charge is 0.481 e. The van der Waals surface area contributed by atoms with Crippen LogP contribution in [0.15, 0.2) is 30.7 Å². The standard InChI is InChI=1S/C13H12N6O2/c1-18-13-10(16-17-18)8-14-12(15-13)9-2-5-19(6-3-9)7-4-11(20)21/h2-3,5-6,8H,4,7H2,1H3/p+1. The van der Waals surface area contributed by atoms with E-state index in [4.69, 9.17) is 5.11 Å². The lowest BCUT2D eigenvalue weighted by Gasteiger charge is -2.00. The molecule has 3 aromatic rings. The smallest absolute Gasteiger partial charge is 0.309 e. The molecule has 0 aliphatic rings. The molecule has 21 heavy (non-hydrogen) atoms. The summed E-state index contributed by atoms with van der Waals surface area (Å²) >= 11 is 0. The van der Waals surface area contributed by atoms with Gasteiger partial charge in [0.25, 0.3) is 0 Å². The summed E-state index contributed by atoms with van der Waals surface area (Å²) in [5.41, 5.74) is 2.17. The molecule has 3 heterocycles. The third-order valence-electron chi connectivity index (χ3n) is 3.08. The molecule has 3 rings (SSSR count). The average molecular weight is 285 g/mol. The summed E-state index contributed by atoms with van der Waals surface area (Å²) in [5, 5.41) is 16.5. The molecule has 3 aromatic heterocycles. The molecule has 8 heteroatoms. The molecule has 106 valence electrons. The van der Waals surface area contributed by atoms with Crippen LogP contribution in [0.4, 0.5) is 0 Å². The van der Waals surface area contributed by atoms with Gasteiger partial charge in [-0.25, -0.2) is 19.2 Å². The molecule has 0 spiro atoms. The predicted molar refractivity (Wildman–Crippen MR) is 72.0 cm³/mol. The molecule has 0 aromatic carbocycles. The van der Waals surface area contributed by atoms with Gasteiger partial charge in [-0.1, -0.05) is 5.21 Å². The Morgan fingerprint density at radius 3 is 2.86 bits per heavy atom. The summed E-state index contributed by atoms with van der Waals surface area (Å²) in [5.74, 6) is -0.234. The minimum atomic E-state index is -0.816. The third kappa shape index (κ3) is 2.69. The monoisotopic (exact) mass is 285 g/mol. The molecule has 0 radical (unpaired) electrons. The van der Waals surface area contributed by atoms with E-state index in [1.54, 1.807) is 17.9 Å². The van der Waals surface area contributed by atoms with Crippen molar-refractivity contribution in [3.8, 4) is 11.4 Å². The Morgan fingerprint density at radius 1 is 1.38 bits per heavy atom. The summed E-state index contributed by atoms with van der Waals surface area (Å²) in [7, 11) is 1.77. The highest BCUT2D eigenvalue weighted by Gasteiger charge is 2.10. The zero-order valence-corrected chi connectivity index (χ0v) is 11.3. The highest BCUT2D eigenvalue weighted by molar-refractivity contribution is 5.71. The van der Waals surface area contributed by atoms with Crippen LogP contribution in [0.3, 0.4) is 0 Å². The third-order valence-corrected chi connectivity index (χ3v) is 3.08. The summed E-state index contributed by atoms with van der Waals surface area (Å²) in [4.78, 5) is 19.2. The maximum absolute atomic E-state index is 10.5. The Balaban J connectivity index is 1.87. The van der Waals surface area contributed by atoms with Crippen LogP contribution in [-0.4, -0.2) is 36.0 Å². The van der Waals surface area contributed by atoms with Gasteiger partial charge in [-0.05, 0) is 0 Å². The molecule has 0 unspecified atom stereocenters. The Labute approximate surface area is 119 Å². The first kappa shape index (κ1) is 13.1. The molecule has 0 aliphatic carbocycles. The van der Waals surface area contributed by atoms with Gasteiger partial charge < -0.3 is 5.11 Å². The number of nitrogens with zero attached hydrogens (tertiary/aromatic N) is 6. The second-order valence-electron chi connectivity index (χ2n) is 4.58. The van der Waals surface area contributed by atoms with E-state index in [2.05, 4.69) is 20.3 Å². The van der Waals surface area contributed by atoms with Gasteiger partial charge >= 0.3 is 5.97 Å². The van der Waals surface area contributed by atoms with E-state index in [9.17, 15) is 4.79 Å². The molecule has 0 bridgehead atoms. The molecule has 0 atom stereocenters. The zero-order chi connectivity index (χ0) is 14.8. The van der Waals surface area contributed by atoms with E-state index in [0.717, 1.165) is 5.56 Å². The SMILES string of the molecule is Cn1nnc2cnc(-c3cc[n+](CCC(=O)O)cc3)nc21. The topological polar surface area (TPSA) is 97.7 Å². The Bertz CT molecular complexity index is 796. The highest BCUT2D eigenvalue weighted by atomic mass is 16.4. The number of hydrogen-bond acceptors (Lipinski definition) is 5. The van der Waals surface area contributed by atoms with Crippen molar-refractivity contribution >= 4 is 17.1 Å². The van der Waals surface area contributed by atoms with E-state index in [1.165, 1.54) is 0 Å². The number of carbonyl (C=O) groups is 1. The minimum Gasteiger partial charge on any atom is -0.481 e. The lowest BCUT2D eigenvalue weighted by Crippen LogP contribution is -2.33. The molecule has 0 saturated carbocycles. The van der Waals surface area contributed by atoms with Crippen molar-refractivity contribution in [2.24, 2.45) is 7.05 Å². The quantitative estimate of drug-likeness (QED) is 0.687. The normalized spacial score (nSPS) is 10.9. The number of pyridine rings is 1. The molecule has 1 N–H and O–H groups in total. The number of rotatable bonds is 4. The van der Waals surface area contributed by atoms with Crippen molar-refractivity contribution < 1.29 is 14.5 Å². The summed E-state index contributed by atoms with van der Waals surface area (Å²) in [6.07, 6.45) is 5.35. The molecule has 0 aliphatic heterocycles. The van der Waals surface area contributed by atoms with E-state index in [1.807, 2.05) is 29.1 Å². The van der Waals surface area contributed by atoms with Crippen molar-refractivity contribution in [1.29, 1.82) is 0 Å². The molecular weight excluding hydrogens is 272 g/mol. The van der Waals surface area contributed by atoms with Crippen molar-refractivity contribution in [2.45, 2.75) is 13.0 Å². The number of aromatic nitrogens is 6. The number of aliphatic carboxylic acids is 1. The first-order valence-electron chi connectivity index (χ1n) is 6.37. The van der Waals surface area contributed by atoms with Crippen LogP contribution >= 0.6 is 0 Å². The zero-order valence-electron chi connectivity index (χ0n) is 11.3. The summed E-state index contributed by atoms with van der Waals surface area (Å²) in [6, 6.07) is 3.71. The maximum Gasteiger partial charge on any atom is 0.309 e. The number of fused-ring (bicyclic) bond motifs is 1. The van der Waals surface area contributed by atoms with Crippen molar-refractivity contribution in [3.05, 3.63) is 30.7 Å². The fraction of sp³-hybridized carbons (Fsp3) is 0.231. The fourth-order valence-electron chi connectivity index (χ4n) is 1.95. The lowest BCUT2D eigenvalue weighted by molar-refractivity contribution is -0.695. The van der Waals surface area contributed by atoms with Gasteiger partial charge in [-0.3, -0.25) is 4.79 Å². The number of carboxylic acids is 1. The van der Waals surface area contributed by atoms with Gasteiger partial charge in [0.2, 0.25) is 0 Å². The van der Waals surface area contributed by atoms with Gasteiger partial charge in [0, 0.05) is 24.7 Å². The molecule has 0 saturated heterocycles. The van der Waals surface area contributed by atoms with Gasteiger partial charge in [0.15, 0.2) is 35.9 Å². The molecule has 8 nitrogen and oxygen atoms in total. The fourth-order valence-corrected chi connectivity index (χ4v) is 1.95. The van der Waals surface area contributed by atoms with Crippen LogP contribution in [0.25, 0.3) is 22.6 Å². The Kier molecular flexibility index (Phi) is 3.27. The maximum atomic E-state index is 10.5. The second-order valence-corrected chi connectivity index (χ2v) is 4.58. The van der Waals surface area contributed by atoms with Crippen molar-refractivity contribution in [1.82, 2.24) is 25.0 Å². The van der Waals surface area contributed by atoms with Crippen molar-refractivity contribution in [2.75, 3.05) is 0 Å². The van der Waals surface area contributed by atoms with Crippen LogP contribution in [0.5, 0.6) is 0 Å². The average Bonchev–Trinajstić information content (AvgIpc) is 2.87. The minimum absolute atomic E-state index is 0.0904. The number of hydrogen-bond donors (Lipinski definition) is 1. The number of carboxylic acid groups (broad SMARTS) is 1.